The van der Waals surface area contributed by atoms with Crippen molar-refractivity contribution in [3.05, 3.63) is 24.0 Å². The Morgan fingerprint density at radius 1 is 1.57 bits per heavy atom. The molecule has 0 fully saturated rings. The van der Waals surface area contributed by atoms with Gasteiger partial charge in [-0.15, -0.1) is 0 Å². The summed E-state index contributed by atoms with van der Waals surface area (Å²) in [5.41, 5.74) is 0.257. The van der Waals surface area contributed by atoms with E-state index in [1.807, 2.05) is 0 Å². The molecule has 0 saturated heterocycles. The van der Waals surface area contributed by atoms with Gasteiger partial charge >= 0.3 is 0 Å². The number of halogens is 1. The van der Waals surface area contributed by atoms with E-state index >= 15 is 0 Å². The van der Waals surface area contributed by atoms with Crippen LogP contribution in [0.5, 0.6) is 5.75 Å². The average Bonchev–Trinajstić information content (AvgIpc) is 2.12. The number of hydrogen-bond acceptors (Lipinski definition) is 2. The maximum atomic E-state index is 12.8. The molecule has 0 aromatic heterocycles. The molecular formula is C10H8FNO2. The summed E-state index contributed by atoms with van der Waals surface area (Å²) in [4.78, 5) is 10.9. The molecule has 0 radical (unpaired) electrons. The van der Waals surface area contributed by atoms with E-state index in [4.69, 9.17) is 5.11 Å². The number of carbonyl (C=O) groups excluding carboxylic acids is 1. The van der Waals surface area contributed by atoms with Crippen LogP contribution in [0.1, 0.15) is 6.92 Å². The zero-order valence-electron chi connectivity index (χ0n) is 7.47. The molecule has 4 heteroatoms. The van der Waals surface area contributed by atoms with Crippen molar-refractivity contribution in [3.8, 4) is 17.6 Å². The van der Waals surface area contributed by atoms with Gasteiger partial charge < -0.3 is 10.4 Å². The van der Waals surface area contributed by atoms with E-state index in [0.29, 0.717) is 0 Å². The number of phenolic OH excluding ortho intramolecular Hbond substituents is 1. The SMILES string of the molecule is CC#CC(=O)Nc1ccc(O)c(F)c1. The molecule has 0 aliphatic heterocycles. The lowest BCUT2D eigenvalue weighted by Gasteiger charge is -2.01. The van der Waals surface area contributed by atoms with Crippen LogP contribution < -0.4 is 5.32 Å². The monoisotopic (exact) mass is 193 g/mol. The summed E-state index contributed by atoms with van der Waals surface area (Å²) >= 11 is 0. The maximum Gasteiger partial charge on any atom is 0.300 e. The molecule has 14 heavy (non-hydrogen) atoms. The molecule has 1 rings (SSSR count). The molecular weight excluding hydrogens is 185 g/mol. The first kappa shape index (κ1) is 10.1. The van der Waals surface area contributed by atoms with Gasteiger partial charge in [-0.05, 0) is 25.0 Å². The fourth-order valence-corrected chi connectivity index (χ4v) is 0.861. The molecule has 0 aliphatic carbocycles. The first-order chi connectivity index (χ1) is 6.63. The third-order valence-corrected chi connectivity index (χ3v) is 1.44. The van der Waals surface area contributed by atoms with Crippen molar-refractivity contribution in [3.63, 3.8) is 0 Å². The molecule has 0 heterocycles. The van der Waals surface area contributed by atoms with Crippen LogP contribution in [0, 0.1) is 17.7 Å². The number of benzene rings is 1. The van der Waals surface area contributed by atoms with Gasteiger partial charge in [0, 0.05) is 11.8 Å². The predicted octanol–water partition coefficient (Wildman–Crippen LogP) is 1.49. The van der Waals surface area contributed by atoms with E-state index in [1.54, 1.807) is 0 Å². The Bertz CT molecular complexity index is 418. The molecule has 0 bridgehead atoms. The number of aromatic hydroxyl groups is 1. The number of phenols is 1. The molecule has 3 nitrogen and oxygen atoms in total. The van der Waals surface area contributed by atoms with E-state index in [1.165, 1.54) is 13.0 Å². The quantitative estimate of drug-likeness (QED) is 0.524. The average molecular weight is 193 g/mol. The molecule has 2 N–H and O–H groups in total. The minimum Gasteiger partial charge on any atom is -0.505 e. The van der Waals surface area contributed by atoms with Gasteiger partial charge in [0.15, 0.2) is 11.6 Å². The van der Waals surface area contributed by atoms with Crippen molar-refractivity contribution in [2.24, 2.45) is 0 Å². The van der Waals surface area contributed by atoms with Crippen molar-refractivity contribution >= 4 is 11.6 Å². The smallest absolute Gasteiger partial charge is 0.300 e. The zero-order valence-corrected chi connectivity index (χ0v) is 7.47. The molecule has 0 aliphatic rings. The number of amides is 1. The lowest BCUT2D eigenvalue weighted by atomic mass is 10.3. The third kappa shape index (κ3) is 2.49. The summed E-state index contributed by atoms with van der Waals surface area (Å²) in [5, 5.41) is 11.2. The van der Waals surface area contributed by atoms with Crippen LogP contribution in [-0.2, 0) is 4.79 Å². The van der Waals surface area contributed by atoms with Crippen molar-refractivity contribution in [2.45, 2.75) is 6.92 Å². The number of rotatable bonds is 1. The molecule has 1 aromatic rings. The van der Waals surface area contributed by atoms with Gasteiger partial charge in [-0.25, -0.2) is 4.39 Å². The van der Waals surface area contributed by atoms with Gasteiger partial charge in [0.25, 0.3) is 5.91 Å². The lowest BCUT2D eigenvalue weighted by Crippen LogP contribution is -2.08. The topological polar surface area (TPSA) is 49.3 Å². The van der Waals surface area contributed by atoms with Crippen LogP contribution in [0.25, 0.3) is 0 Å². The Labute approximate surface area is 80.6 Å². The van der Waals surface area contributed by atoms with Gasteiger partial charge in [-0.1, -0.05) is 5.92 Å². The summed E-state index contributed by atoms with van der Waals surface area (Å²) in [6.07, 6.45) is 0. The van der Waals surface area contributed by atoms with Crippen LogP contribution in [0.2, 0.25) is 0 Å². The molecule has 0 spiro atoms. The van der Waals surface area contributed by atoms with E-state index in [2.05, 4.69) is 17.2 Å². The lowest BCUT2D eigenvalue weighted by molar-refractivity contribution is -0.111. The highest BCUT2D eigenvalue weighted by Gasteiger charge is 2.02. The summed E-state index contributed by atoms with van der Waals surface area (Å²) in [5.74, 6) is 2.90. The van der Waals surface area contributed by atoms with E-state index in [0.717, 1.165) is 12.1 Å². The number of carbonyl (C=O) groups is 1. The highest BCUT2D eigenvalue weighted by molar-refractivity contribution is 6.03. The second-order valence-electron chi connectivity index (χ2n) is 2.50. The van der Waals surface area contributed by atoms with E-state index < -0.39 is 17.5 Å². The number of hydrogen-bond donors (Lipinski definition) is 2. The van der Waals surface area contributed by atoms with E-state index in [-0.39, 0.29) is 5.69 Å². The molecule has 1 amide bonds. The Hall–Kier alpha value is -2.02. The van der Waals surface area contributed by atoms with Crippen molar-refractivity contribution in [1.82, 2.24) is 0 Å². The minimum absolute atomic E-state index is 0.257. The first-order valence-electron chi connectivity index (χ1n) is 3.85. The minimum atomic E-state index is -0.785. The normalized spacial score (nSPS) is 8.71. The summed E-state index contributed by atoms with van der Waals surface area (Å²) in [6.45, 7) is 1.52. The van der Waals surface area contributed by atoms with Crippen LogP contribution in [-0.4, -0.2) is 11.0 Å². The van der Waals surface area contributed by atoms with Gasteiger partial charge in [-0.3, -0.25) is 4.79 Å². The Morgan fingerprint density at radius 3 is 2.86 bits per heavy atom. The van der Waals surface area contributed by atoms with Crippen molar-refractivity contribution in [2.75, 3.05) is 5.32 Å². The molecule has 0 unspecified atom stereocenters. The van der Waals surface area contributed by atoms with Gasteiger partial charge in [0.1, 0.15) is 0 Å². The largest absolute Gasteiger partial charge is 0.505 e. The zero-order chi connectivity index (χ0) is 10.6. The standard InChI is InChI=1S/C10H8FNO2/c1-2-3-10(14)12-7-4-5-9(13)8(11)6-7/h4-6,13H,1H3,(H,12,14). The summed E-state index contributed by atoms with van der Waals surface area (Å²) in [7, 11) is 0. The first-order valence-corrected chi connectivity index (χ1v) is 3.85. The molecule has 0 atom stereocenters. The highest BCUT2D eigenvalue weighted by Crippen LogP contribution is 2.18. The summed E-state index contributed by atoms with van der Waals surface area (Å²) in [6, 6.07) is 3.56. The molecule has 0 saturated carbocycles. The van der Waals surface area contributed by atoms with Crippen molar-refractivity contribution < 1.29 is 14.3 Å². The molecule has 72 valence electrons. The Balaban J connectivity index is 2.81. The second-order valence-corrected chi connectivity index (χ2v) is 2.50. The van der Waals surface area contributed by atoms with Crippen LogP contribution in [0.15, 0.2) is 18.2 Å². The van der Waals surface area contributed by atoms with Crippen LogP contribution in [0.4, 0.5) is 10.1 Å². The van der Waals surface area contributed by atoms with Gasteiger partial charge in [0.2, 0.25) is 0 Å². The van der Waals surface area contributed by atoms with Gasteiger partial charge in [0.05, 0.1) is 0 Å². The fourth-order valence-electron chi connectivity index (χ4n) is 0.861. The predicted molar refractivity (Wildman–Crippen MR) is 50.1 cm³/mol. The highest BCUT2D eigenvalue weighted by atomic mass is 19.1. The summed E-state index contributed by atoms with van der Waals surface area (Å²) < 4.78 is 12.8. The van der Waals surface area contributed by atoms with Crippen LogP contribution in [0.3, 0.4) is 0 Å². The number of anilines is 1. The van der Waals surface area contributed by atoms with E-state index in [9.17, 15) is 9.18 Å². The fraction of sp³-hybridized carbons (Fsp3) is 0.100. The number of nitrogens with one attached hydrogen (secondary N) is 1. The Morgan fingerprint density at radius 2 is 2.29 bits per heavy atom. The third-order valence-electron chi connectivity index (χ3n) is 1.44. The second kappa shape index (κ2) is 4.28. The maximum absolute atomic E-state index is 12.8. The molecule has 1 aromatic carbocycles. The van der Waals surface area contributed by atoms with Crippen molar-refractivity contribution in [1.29, 1.82) is 0 Å². The van der Waals surface area contributed by atoms with Crippen LogP contribution >= 0.6 is 0 Å². The Kier molecular flexibility index (Phi) is 3.08. The van der Waals surface area contributed by atoms with Gasteiger partial charge in [-0.2, -0.15) is 0 Å².